The van der Waals surface area contributed by atoms with E-state index in [1.807, 2.05) is 18.2 Å². The van der Waals surface area contributed by atoms with Gasteiger partial charge in [0.2, 0.25) is 0 Å². The van der Waals surface area contributed by atoms with Gasteiger partial charge in [0, 0.05) is 25.7 Å². The van der Waals surface area contributed by atoms with Crippen molar-refractivity contribution in [2.45, 2.75) is 31.5 Å². The summed E-state index contributed by atoms with van der Waals surface area (Å²) in [5, 5.41) is 25.6. The molecule has 164 valence electrons. The normalized spacial score (nSPS) is 16.4. The summed E-state index contributed by atoms with van der Waals surface area (Å²) >= 11 is 0. The molecule has 8 heteroatoms. The van der Waals surface area contributed by atoms with Crippen molar-refractivity contribution in [3.8, 4) is 11.4 Å². The summed E-state index contributed by atoms with van der Waals surface area (Å²) in [6, 6.07) is 16.9. The summed E-state index contributed by atoms with van der Waals surface area (Å²) in [4.78, 5) is 19.8. The average Bonchev–Trinajstić information content (AvgIpc) is 3.23. The van der Waals surface area contributed by atoms with Gasteiger partial charge in [-0.1, -0.05) is 36.4 Å². The molecule has 1 saturated heterocycles. The SMILES string of the molecule is O=c1c2cnn(-c3cccc(O)c3)c2ncn1CC1(O)CCN(Cc2ccccc2)CC1. The highest BCUT2D eigenvalue weighted by atomic mass is 16.3. The number of phenolic OH excluding ortho intramolecular Hbond substituents is 1. The van der Waals surface area contributed by atoms with Gasteiger partial charge >= 0.3 is 0 Å². The highest BCUT2D eigenvalue weighted by molar-refractivity contribution is 5.75. The first-order chi connectivity index (χ1) is 15.5. The molecule has 0 aliphatic carbocycles. The van der Waals surface area contributed by atoms with E-state index in [2.05, 4.69) is 27.1 Å². The third kappa shape index (κ3) is 4.02. The summed E-state index contributed by atoms with van der Waals surface area (Å²) in [6.45, 7) is 2.60. The largest absolute Gasteiger partial charge is 0.508 e. The maximum absolute atomic E-state index is 13.1. The highest BCUT2D eigenvalue weighted by Crippen LogP contribution is 2.25. The molecule has 0 atom stereocenters. The van der Waals surface area contributed by atoms with Crippen LogP contribution in [0.1, 0.15) is 18.4 Å². The van der Waals surface area contributed by atoms with E-state index < -0.39 is 5.60 Å². The number of benzene rings is 2. The van der Waals surface area contributed by atoms with Gasteiger partial charge in [-0.15, -0.1) is 0 Å². The van der Waals surface area contributed by atoms with Gasteiger partial charge in [0.05, 0.1) is 24.0 Å². The first-order valence-corrected chi connectivity index (χ1v) is 10.7. The molecule has 0 amide bonds. The van der Waals surface area contributed by atoms with Gasteiger partial charge < -0.3 is 10.2 Å². The van der Waals surface area contributed by atoms with E-state index in [-0.39, 0.29) is 17.9 Å². The summed E-state index contributed by atoms with van der Waals surface area (Å²) in [5.74, 6) is 0.111. The van der Waals surface area contributed by atoms with Crippen molar-refractivity contribution in [2.24, 2.45) is 0 Å². The van der Waals surface area contributed by atoms with Crippen LogP contribution in [0.4, 0.5) is 0 Å². The Morgan fingerprint density at radius 2 is 1.81 bits per heavy atom. The van der Waals surface area contributed by atoms with Crippen LogP contribution in [-0.4, -0.2) is 53.1 Å². The number of phenols is 1. The first kappa shape index (κ1) is 20.4. The summed E-state index contributed by atoms with van der Waals surface area (Å²) in [6.07, 6.45) is 4.14. The van der Waals surface area contributed by atoms with Crippen LogP contribution in [0.25, 0.3) is 16.7 Å². The topological polar surface area (TPSA) is 96.4 Å². The molecule has 2 N–H and O–H groups in total. The second kappa shape index (κ2) is 8.22. The monoisotopic (exact) mass is 431 g/mol. The summed E-state index contributed by atoms with van der Waals surface area (Å²) in [5.41, 5.74) is 1.11. The van der Waals surface area contributed by atoms with Crippen molar-refractivity contribution < 1.29 is 10.2 Å². The second-order valence-corrected chi connectivity index (χ2v) is 8.48. The first-order valence-electron chi connectivity index (χ1n) is 10.7. The minimum Gasteiger partial charge on any atom is -0.508 e. The lowest BCUT2D eigenvalue weighted by Crippen LogP contribution is -2.47. The van der Waals surface area contributed by atoms with Crippen molar-refractivity contribution in [1.29, 1.82) is 0 Å². The van der Waals surface area contributed by atoms with Crippen LogP contribution in [0, 0.1) is 0 Å². The molecule has 1 aliphatic rings. The van der Waals surface area contributed by atoms with Crippen LogP contribution in [0.5, 0.6) is 5.75 Å². The van der Waals surface area contributed by atoms with Crippen LogP contribution < -0.4 is 5.56 Å². The van der Waals surface area contributed by atoms with E-state index in [4.69, 9.17) is 0 Å². The predicted molar refractivity (Wildman–Crippen MR) is 121 cm³/mol. The van der Waals surface area contributed by atoms with Crippen molar-refractivity contribution >= 4 is 11.0 Å². The van der Waals surface area contributed by atoms with Crippen LogP contribution in [0.3, 0.4) is 0 Å². The van der Waals surface area contributed by atoms with Gasteiger partial charge in [-0.2, -0.15) is 5.10 Å². The quantitative estimate of drug-likeness (QED) is 0.503. The zero-order chi connectivity index (χ0) is 22.1. The van der Waals surface area contributed by atoms with Crippen LogP contribution >= 0.6 is 0 Å². The average molecular weight is 431 g/mol. The number of aliphatic hydroxyl groups is 1. The Hall–Kier alpha value is -3.49. The Labute approximate surface area is 185 Å². The van der Waals surface area contributed by atoms with Crippen molar-refractivity contribution in [3.05, 3.63) is 83.0 Å². The van der Waals surface area contributed by atoms with E-state index in [9.17, 15) is 15.0 Å². The van der Waals surface area contributed by atoms with Gasteiger partial charge in [0.25, 0.3) is 5.56 Å². The fourth-order valence-electron chi connectivity index (χ4n) is 4.32. The minimum absolute atomic E-state index is 0.111. The second-order valence-electron chi connectivity index (χ2n) is 8.48. The third-order valence-electron chi connectivity index (χ3n) is 6.13. The lowest BCUT2D eigenvalue weighted by atomic mass is 9.91. The molecule has 8 nitrogen and oxygen atoms in total. The van der Waals surface area contributed by atoms with Crippen LogP contribution in [0.2, 0.25) is 0 Å². The van der Waals surface area contributed by atoms with Crippen LogP contribution in [0.15, 0.2) is 71.9 Å². The fourth-order valence-corrected chi connectivity index (χ4v) is 4.32. The zero-order valence-corrected chi connectivity index (χ0v) is 17.6. The Morgan fingerprint density at radius 1 is 1.03 bits per heavy atom. The van der Waals surface area contributed by atoms with E-state index in [0.29, 0.717) is 29.6 Å². The number of aromatic nitrogens is 4. The molecular formula is C24H25N5O3. The summed E-state index contributed by atoms with van der Waals surface area (Å²) < 4.78 is 3.00. The summed E-state index contributed by atoms with van der Waals surface area (Å²) in [7, 11) is 0. The Balaban J connectivity index is 1.32. The maximum atomic E-state index is 13.1. The van der Waals surface area contributed by atoms with Gasteiger partial charge in [-0.25, -0.2) is 9.67 Å². The molecule has 2 aromatic carbocycles. The number of nitrogens with zero attached hydrogens (tertiary/aromatic N) is 5. The number of aromatic hydroxyl groups is 1. The third-order valence-corrected chi connectivity index (χ3v) is 6.13. The molecule has 32 heavy (non-hydrogen) atoms. The number of fused-ring (bicyclic) bond motifs is 1. The standard InChI is InChI=1S/C24H25N5O3/c30-20-8-4-7-19(13-20)29-22-21(14-26-29)23(31)28(17-25-22)16-24(32)9-11-27(12-10-24)15-18-5-2-1-3-6-18/h1-8,13-14,17,30,32H,9-12,15-16H2. The molecule has 4 aromatic rings. The van der Waals surface area contributed by atoms with E-state index in [1.165, 1.54) is 27.3 Å². The maximum Gasteiger partial charge on any atom is 0.264 e. The molecule has 1 aliphatic heterocycles. The molecule has 2 aromatic heterocycles. The molecule has 3 heterocycles. The number of rotatable bonds is 5. The number of hydrogen-bond acceptors (Lipinski definition) is 6. The van der Waals surface area contributed by atoms with E-state index in [0.717, 1.165) is 19.6 Å². The van der Waals surface area contributed by atoms with Crippen molar-refractivity contribution in [2.75, 3.05) is 13.1 Å². The van der Waals surface area contributed by atoms with Crippen molar-refractivity contribution in [1.82, 2.24) is 24.2 Å². The predicted octanol–water partition coefficient (Wildman–Crippen LogP) is 2.31. The Morgan fingerprint density at radius 3 is 2.56 bits per heavy atom. The van der Waals surface area contributed by atoms with E-state index in [1.54, 1.807) is 24.3 Å². The Bertz CT molecular complexity index is 1290. The molecule has 0 bridgehead atoms. The Kier molecular flexibility index (Phi) is 5.24. The molecule has 0 saturated carbocycles. The van der Waals surface area contributed by atoms with Gasteiger partial charge in [-0.05, 0) is 30.5 Å². The smallest absolute Gasteiger partial charge is 0.264 e. The molecule has 0 radical (unpaired) electrons. The lowest BCUT2D eigenvalue weighted by Gasteiger charge is -2.38. The minimum atomic E-state index is -0.951. The number of likely N-dealkylation sites (tertiary alicyclic amines) is 1. The molecule has 0 unspecified atom stereocenters. The number of piperidine rings is 1. The molecule has 1 fully saturated rings. The molecule has 0 spiro atoms. The van der Waals surface area contributed by atoms with Crippen LogP contribution in [-0.2, 0) is 13.1 Å². The van der Waals surface area contributed by atoms with Gasteiger partial charge in [0.1, 0.15) is 17.5 Å². The zero-order valence-electron chi connectivity index (χ0n) is 17.6. The fraction of sp³-hybridized carbons (Fsp3) is 0.292. The molecular weight excluding hydrogens is 406 g/mol. The van der Waals surface area contributed by atoms with Gasteiger partial charge in [-0.3, -0.25) is 14.3 Å². The van der Waals surface area contributed by atoms with Gasteiger partial charge in [0.15, 0.2) is 5.65 Å². The van der Waals surface area contributed by atoms with E-state index >= 15 is 0 Å². The van der Waals surface area contributed by atoms with Crippen molar-refractivity contribution in [3.63, 3.8) is 0 Å². The lowest BCUT2D eigenvalue weighted by molar-refractivity contribution is -0.0364. The molecule has 5 rings (SSSR count). The number of hydrogen-bond donors (Lipinski definition) is 2. The highest BCUT2D eigenvalue weighted by Gasteiger charge is 2.33.